The Labute approximate surface area is 130 Å². The van der Waals surface area contributed by atoms with Crippen molar-refractivity contribution < 1.29 is 19.1 Å². The minimum Gasteiger partial charge on any atom is -0.497 e. The molecule has 2 rings (SSSR count). The third-order valence-electron chi connectivity index (χ3n) is 3.80. The second-order valence-electron chi connectivity index (χ2n) is 5.26. The number of hydrogen-bond acceptors (Lipinski definition) is 4. The van der Waals surface area contributed by atoms with Gasteiger partial charge in [-0.1, -0.05) is 0 Å². The van der Waals surface area contributed by atoms with Crippen LogP contribution < -0.4 is 20.1 Å². The molecule has 0 aromatic heterocycles. The first-order valence-electron chi connectivity index (χ1n) is 7.39. The number of piperidine rings is 1. The van der Waals surface area contributed by atoms with Gasteiger partial charge in [0.1, 0.15) is 11.5 Å². The van der Waals surface area contributed by atoms with Gasteiger partial charge < -0.3 is 20.1 Å². The molecular weight excluding hydrogens is 284 g/mol. The van der Waals surface area contributed by atoms with E-state index in [0.29, 0.717) is 25.9 Å². The highest BCUT2D eigenvalue weighted by molar-refractivity contribution is 5.86. The lowest BCUT2D eigenvalue weighted by Crippen LogP contribution is -2.41. The summed E-state index contributed by atoms with van der Waals surface area (Å²) in [6.45, 7) is 1.07. The molecule has 0 radical (unpaired) electrons. The molecule has 0 spiro atoms. The number of hydrogen-bond donors (Lipinski definition) is 2. The van der Waals surface area contributed by atoms with Gasteiger partial charge in [0.25, 0.3) is 0 Å². The van der Waals surface area contributed by atoms with Gasteiger partial charge in [-0.2, -0.15) is 0 Å². The highest BCUT2D eigenvalue weighted by Crippen LogP contribution is 2.24. The Morgan fingerprint density at radius 2 is 2.18 bits per heavy atom. The second kappa shape index (κ2) is 7.68. The quantitative estimate of drug-likeness (QED) is 0.818. The zero-order valence-corrected chi connectivity index (χ0v) is 13.0. The Balaban J connectivity index is 1.87. The van der Waals surface area contributed by atoms with Crippen molar-refractivity contribution in [3.05, 3.63) is 23.8 Å². The predicted molar refractivity (Wildman–Crippen MR) is 82.0 cm³/mol. The van der Waals surface area contributed by atoms with Crippen LogP contribution in [0.1, 0.15) is 18.4 Å². The van der Waals surface area contributed by atoms with E-state index < -0.39 is 0 Å². The van der Waals surface area contributed by atoms with E-state index in [4.69, 9.17) is 9.47 Å². The van der Waals surface area contributed by atoms with Crippen LogP contribution in [0.5, 0.6) is 11.5 Å². The fourth-order valence-electron chi connectivity index (χ4n) is 2.55. The number of ether oxygens (including phenoxy) is 2. The fourth-order valence-corrected chi connectivity index (χ4v) is 2.55. The zero-order chi connectivity index (χ0) is 15.9. The molecule has 2 amide bonds. The fraction of sp³-hybridized carbons (Fsp3) is 0.500. The first-order valence-corrected chi connectivity index (χ1v) is 7.39. The lowest BCUT2D eigenvalue weighted by Gasteiger charge is -2.21. The molecule has 6 nitrogen and oxygen atoms in total. The predicted octanol–water partition coefficient (Wildman–Crippen LogP) is 0.889. The van der Waals surface area contributed by atoms with Crippen molar-refractivity contribution in [2.75, 3.05) is 27.3 Å². The van der Waals surface area contributed by atoms with Gasteiger partial charge in [0.05, 0.1) is 14.2 Å². The average molecular weight is 306 g/mol. The van der Waals surface area contributed by atoms with Crippen LogP contribution in [0.15, 0.2) is 18.2 Å². The number of carbonyl (C=O) groups is 2. The topological polar surface area (TPSA) is 76.7 Å². The van der Waals surface area contributed by atoms with Crippen LogP contribution in [0.2, 0.25) is 0 Å². The van der Waals surface area contributed by atoms with Gasteiger partial charge in [-0.3, -0.25) is 9.59 Å². The van der Waals surface area contributed by atoms with Crippen LogP contribution in [-0.2, 0) is 16.0 Å². The lowest BCUT2D eigenvalue weighted by atomic mass is 9.96. The smallest absolute Gasteiger partial charge is 0.223 e. The third-order valence-corrected chi connectivity index (χ3v) is 3.80. The average Bonchev–Trinajstić information content (AvgIpc) is 2.54. The number of carbonyl (C=O) groups excluding carboxylic acids is 2. The van der Waals surface area contributed by atoms with Crippen molar-refractivity contribution in [2.45, 2.75) is 19.3 Å². The Kier molecular flexibility index (Phi) is 5.63. The first-order chi connectivity index (χ1) is 10.6. The molecule has 1 fully saturated rings. The molecule has 120 valence electrons. The minimum atomic E-state index is -0.221. The zero-order valence-electron chi connectivity index (χ0n) is 13.0. The van der Waals surface area contributed by atoms with Crippen molar-refractivity contribution in [3.63, 3.8) is 0 Å². The van der Waals surface area contributed by atoms with Gasteiger partial charge >= 0.3 is 0 Å². The molecule has 0 aliphatic carbocycles. The van der Waals surface area contributed by atoms with Crippen LogP contribution in [0.4, 0.5) is 0 Å². The molecule has 0 saturated carbocycles. The molecule has 0 bridgehead atoms. The van der Waals surface area contributed by atoms with E-state index in [0.717, 1.165) is 17.1 Å². The maximum absolute atomic E-state index is 12.1. The summed E-state index contributed by atoms with van der Waals surface area (Å²) in [7, 11) is 3.23. The Hall–Kier alpha value is -2.24. The Bertz CT molecular complexity index is 545. The summed E-state index contributed by atoms with van der Waals surface area (Å²) in [6.07, 6.45) is 1.61. The van der Waals surface area contributed by atoms with Gasteiger partial charge in [-0.15, -0.1) is 0 Å². The van der Waals surface area contributed by atoms with Crippen LogP contribution in [0.3, 0.4) is 0 Å². The SMILES string of the molecule is COc1ccc(OC)c(CCNC(=O)C2CCNC(=O)C2)c1. The summed E-state index contributed by atoms with van der Waals surface area (Å²) in [5.74, 6) is 1.19. The minimum absolute atomic E-state index is 0.0548. The van der Waals surface area contributed by atoms with E-state index in [1.165, 1.54) is 0 Å². The summed E-state index contributed by atoms with van der Waals surface area (Å²) in [5.41, 5.74) is 0.975. The Morgan fingerprint density at radius 3 is 2.86 bits per heavy atom. The van der Waals surface area contributed by atoms with Crippen molar-refractivity contribution >= 4 is 11.8 Å². The molecule has 1 aliphatic rings. The molecule has 6 heteroatoms. The van der Waals surface area contributed by atoms with Crippen LogP contribution in [-0.4, -0.2) is 39.1 Å². The van der Waals surface area contributed by atoms with E-state index in [9.17, 15) is 9.59 Å². The van der Waals surface area contributed by atoms with Gasteiger partial charge in [0.15, 0.2) is 0 Å². The molecule has 1 aromatic carbocycles. The first kappa shape index (κ1) is 16.1. The number of benzene rings is 1. The highest BCUT2D eigenvalue weighted by Gasteiger charge is 2.25. The van der Waals surface area contributed by atoms with Crippen molar-refractivity contribution in [3.8, 4) is 11.5 Å². The standard InChI is InChI=1S/C16H22N2O4/c1-21-13-3-4-14(22-2)11(9-13)5-8-18-16(20)12-6-7-17-15(19)10-12/h3-4,9,12H,5-8,10H2,1-2H3,(H,17,19)(H,18,20). The largest absolute Gasteiger partial charge is 0.497 e. The van der Waals surface area contributed by atoms with Crippen molar-refractivity contribution in [1.29, 1.82) is 0 Å². The van der Waals surface area contributed by atoms with Gasteiger partial charge in [-0.25, -0.2) is 0 Å². The second-order valence-corrected chi connectivity index (χ2v) is 5.26. The van der Waals surface area contributed by atoms with E-state index >= 15 is 0 Å². The molecule has 1 unspecified atom stereocenters. The number of nitrogens with one attached hydrogen (secondary N) is 2. The third kappa shape index (κ3) is 4.13. The Morgan fingerprint density at radius 1 is 1.36 bits per heavy atom. The van der Waals surface area contributed by atoms with E-state index in [2.05, 4.69) is 10.6 Å². The number of methoxy groups -OCH3 is 2. The summed E-state index contributed by atoms with van der Waals surface area (Å²) in [5, 5.41) is 5.62. The van der Waals surface area contributed by atoms with Crippen LogP contribution in [0.25, 0.3) is 0 Å². The summed E-state index contributed by atoms with van der Waals surface area (Å²) >= 11 is 0. The number of rotatable bonds is 6. The molecule has 2 N–H and O–H groups in total. The maximum Gasteiger partial charge on any atom is 0.223 e. The van der Waals surface area contributed by atoms with Gasteiger partial charge in [0.2, 0.25) is 11.8 Å². The van der Waals surface area contributed by atoms with Gasteiger partial charge in [-0.05, 0) is 36.6 Å². The molecule has 1 atom stereocenters. The summed E-state index contributed by atoms with van der Waals surface area (Å²) in [4.78, 5) is 23.4. The normalized spacial score (nSPS) is 17.5. The summed E-state index contributed by atoms with van der Waals surface area (Å²) in [6, 6.07) is 5.59. The molecule has 1 heterocycles. The number of amides is 2. The monoisotopic (exact) mass is 306 g/mol. The van der Waals surface area contributed by atoms with E-state index in [1.807, 2.05) is 18.2 Å². The molecule has 1 aromatic rings. The molecular formula is C16H22N2O4. The maximum atomic E-state index is 12.1. The van der Waals surface area contributed by atoms with Crippen molar-refractivity contribution in [2.24, 2.45) is 5.92 Å². The molecule has 22 heavy (non-hydrogen) atoms. The lowest BCUT2D eigenvalue weighted by molar-refractivity contribution is -0.132. The van der Waals surface area contributed by atoms with Gasteiger partial charge in [0, 0.05) is 25.4 Å². The summed E-state index contributed by atoms with van der Waals surface area (Å²) < 4.78 is 10.5. The van der Waals surface area contributed by atoms with Crippen LogP contribution >= 0.6 is 0 Å². The van der Waals surface area contributed by atoms with Crippen molar-refractivity contribution in [1.82, 2.24) is 10.6 Å². The van der Waals surface area contributed by atoms with E-state index in [1.54, 1.807) is 14.2 Å². The van der Waals surface area contributed by atoms with E-state index in [-0.39, 0.29) is 24.2 Å². The van der Waals surface area contributed by atoms with Crippen LogP contribution in [0, 0.1) is 5.92 Å². The molecule has 1 aliphatic heterocycles. The molecule has 1 saturated heterocycles. The highest BCUT2D eigenvalue weighted by atomic mass is 16.5.